The second-order valence-corrected chi connectivity index (χ2v) is 7.38. The Morgan fingerprint density at radius 3 is 2.50 bits per heavy atom. The number of benzene rings is 2. The molecular weight excluding hydrogens is 398 g/mol. The van der Waals surface area contributed by atoms with Crippen LogP contribution < -0.4 is 19.5 Å². The van der Waals surface area contributed by atoms with E-state index in [0.29, 0.717) is 33.0 Å². The van der Waals surface area contributed by atoms with Crippen molar-refractivity contribution in [2.24, 2.45) is 0 Å². The lowest BCUT2D eigenvalue weighted by atomic mass is 10.1. The maximum atomic E-state index is 12.3. The Morgan fingerprint density at radius 1 is 1.11 bits per heavy atom. The van der Waals surface area contributed by atoms with Gasteiger partial charge in [-0.25, -0.2) is 0 Å². The summed E-state index contributed by atoms with van der Waals surface area (Å²) in [6.07, 6.45) is 3.19. The molecule has 0 radical (unpaired) electrons. The second-order valence-electron chi connectivity index (χ2n) is 5.85. The fourth-order valence-electron chi connectivity index (χ4n) is 2.40. The van der Waals surface area contributed by atoms with Gasteiger partial charge in [0.15, 0.2) is 5.78 Å². The van der Waals surface area contributed by atoms with Gasteiger partial charge >= 0.3 is 0 Å². The maximum absolute atomic E-state index is 12.3. The first-order valence-corrected chi connectivity index (χ1v) is 9.69. The van der Waals surface area contributed by atoms with Crippen molar-refractivity contribution in [3.05, 3.63) is 84.2 Å². The molecule has 0 saturated carbocycles. The van der Waals surface area contributed by atoms with Gasteiger partial charge in [0.25, 0.3) is 5.56 Å². The predicted octanol–water partition coefficient (Wildman–Crippen LogP) is 2.61. The molecule has 0 fully saturated rings. The average Bonchev–Trinajstić information content (AvgIpc) is 3.02. The number of ketones is 1. The highest BCUT2D eigenvalue weighted by atomic mass is 35.5. The molecule has 0 aliphatic heterocycles. The molecule has 2 aromatic carbocycles. The van der Waals surface area contributed by atoms with Crippen molar-refractivity contribution in [2.75, 3.05) is 20.3 Å². The van der Waals surface area contributed by atoms with E-state index in [1.165, 1.54) is 17.4 Å². The van der Waals surface area contributed by atoms with E-state index in [9.17, 15) is 9.59 Å². The number of Topliss-reactive ketones (excluding diaryl/α,β-unsaturated/α-hetero) is 1. The van der Waals surface area contributed by atoms with Crippen molar-refractivity contribution in [3.63, 3.8) is 0 Å². The lowest BCUT2D eigenvalue weighted by Crippen LogP contribution is -2.20. The number of hydrogen-bond acceptors (Lipinski definition) is 5. The van der Waals surface area contributed by atoms with Crippen LogP contribution in [-0.2, 0) is 4.74 Å². The smallest absolute Gasteiger partial charge is 0.266 e. The van der Waals surface area contributed by atoms with Crippen molar-refractivity contribution in [2.45, 2.75) is 0 Å². The van der Waals surface area contributed by atoms with E-state index in [2.05, 4.69) is 4.98 Å². The van der Waals surface area contributed by atoms with Crippen molar-refractivity contribution < 1.29 is 14.3 Å². The Hall–Kier alpha value is -2.67. The summed E-state index contributed by atoms with van der Waals surface area (Å²) in [5, 5.41) is 0.563. The fourth-order valence-corrected chi connectivity index (χ4v) is 3.41. The molecule has 1 heterocycles. The van der Waals surface area contributed by atoms with Crippen LogP contribution in [0.15, 0.2) is 53.3 Å². The largest absolute Gasteiger partial charge is 0.491 e. The van der Waals surface area contributed by atoms with Crippen LogP contribution in [0.25, 0.3) is 12.2 Å². The normalized spacial score (nSPS) is 12.4. The van der Waals surface area contributed by atoms with Crippen LogP contribution in [0.5, 0.6) is 5.75 Å². The van der Waals surface area contributed by atoms with Crippen LogP contribution in [0.1, 0.15) is 15.9 Å². The minimum atomic E-state index is -0.236. The van der Waals surface area contributed by atoms with Gasteiger partial charge in [-0.2, -0.15) is 0 Å². The minimum absolute atomic E-state index is 0.196. The highest BCUT2D eigenvalue weighted by molar-refractivity contribution is 7.07. The highest BCUT2D eigenvalue weighted by Crippen LogP contribution is 2.12. The zero-order valence-electron chi connectivity index (χ0n) is 15.1. The zero-order chi connectivity index (χ0) is 19.9. The summed E-state index contributed by atoms with van der Waals surface area (Å²) >= 11 is 7.06. The number of methoxy groups -OCH3 is 1. The van der Waals surface area contributed by atoms with E-state index in [1.807, 2.05) is 24.3 Å². The number of carbonyl (C=O) groups is 1. The molecule has 144 valence electrons. The highest BCUT2D eigenvalue weighted by Gasteiger charge is 2.03. The molecule has 1 N–H and O–H groups in total. The van der Waals surface area contributed by atoms with Crippen molar-refractivity contribution in [3.8, 4) is 5.75 Å². The first kappa shape index (κ1) is 20.1. The topological polar surface area (TPSA) is 68.4 Å². The SMILES string of the molecule is COCCOc1ccc(/C=c2/s/c(=C\C(=O)c3ccc(Cl)cc3)[nH]c2=O)cc1. The van der Waals surface area contributed by atoms with E-state index in [-0.39, 0.29) is 11.3 Å². The molecule has 5 nitrogen and oxygen atoms in total. The van der Waals surface area contributed by atoms with E-state index >= 15 is 0 Å². The molecule has 0 saturated heterocycles. The molecule has 7 heteroatoms. The number of carbonyl (C=O) groups excluding carboxylic acids is 1. The van der Waals surface area contributed by atoms with Gasteiger partial charge in [0, 0.05) is 23.8 Å². The van der Waals surface area contributed by atoms with Gasteiger partial charge < -0.3 is 14.5 Å². The number of ether oxygens (including phenoxy) is 2. The van der Waals surface area contributed by atoms with E-state index in [0.717, 1.165) is 11.3 Å². The molecule has 3 aromatic rings. The van der Waals surface area contributed by atoms with E-state index < -0.39 is 0 Å². The standard InChI is InChI=1S/C21H18ClNO4S/c1-26-10-11-27-17-8-2-14(3-9-17)12-19-21(25)23-20(28-19)13-18(24)15-4-6-16(22)7-5-15/h2-9,12-13H,10-11H2,1H3,(H,23,25)/b19-12+,20-13-. The summed E-state index contributed by atoms with van der Waals surface area (Å²) in [6.45, 7) is 0.997. The van der Waals surface area contributed by atoms with E-state index in [4.69, 9.17) is 21.1 Å². The van der Waals surface area contributed by atoms with Gasteiger partial charge in [-0.15, -0.1) is 11.3 Å². The van der Waals surface area contributed by atoms with Gasteiger partial charge in [-0.05, 0) is 48.0 Å². The number of H-pyrrole nitrogens is 1. The first-order chi connectivity index (χ1) is 13.5. The third-order valence-electron chi connectivity index (χ3n) is 3.81. The summed E-state index contributed by atoms with van der Waals surface area (Å²) in [5.74, 6) is 0.537. The van der Waals surface area contributed by atoms with Gasteiger partial charge in [0.05, 0.1) is 15.8 Å². The lowest BCUT2D eigenvalue weighted by Gasteiger charge is -2.04. The molecule has 0 bridgehead atoms. The van der Waals surface area contributed by atoms with Crippen LogP contribution in [0.3, 0.4) is 0 Å². The number of thiazole rings is 1. The van der Waals surface area contributed by atoms with Gasteiger partial charge in [-0.1, -0.05) is 23.7 Å². The summed E-state index contributed by atoms with van der Waals surface area (Å²) in [4.78, 5) is 27.2. The quantitative estimate of drug-likeness (QED) is 0.475. The number of hydrogen-bond donors (Lipinski definition) is 1. The molecular formula is C21H18ClNO4S. The van der Waals surface area contributed by atoms with Crippen LogP contribution in [0, 0.1) is 0 Å². The Kier molecular flexibility index (Phi) is 6.81. The fraction of sp³-hybridized carbons (Fsp3) is 0.143. The molecule has 0 spiro atoms. The number of nitrogens with one attached hydrogen (secondary N) is 1. The molecule has 0 amide bonds. The summed E-state index contributed by atoms with van der Waals surface area (Å²) < 4.78 is 11.5. The third kappa shape index (κ3) is 5.42. The lowest BCUT2D eigenvalue weighted by molar-refractivity contribution is 0.106. The molecule has 0 aliphatic rings. The Labute approximate surface area is 170 Å². The van der Waals surface area contributed by atoms with E-state index in [1.54, 1.807) is 37.5 Å². The molecule has 0 atom stereocenters. The maximum Gasteiger partial charge on any atom is 0.266 e. The van der Waals surface area contributed by atoms with Crippen LogP contribution in [0.2, 0.25) is 5.02 Å². The summed E-state index contributed by atoms with van der Waals surface area (Å²) in [6, 6.07) is 14.0. The second kappa shape index (κ2) is 9.50. The van der Waals surface area contributed by atoms with Crippen molar-refractivity contribution in [1.29, 1.82) is 0 Å². The number of halogens is 1. The van der Waals surface area contributed by atoms with Gasteiger partial charge in [0.1, 0.15) is 12.4 Å². The molecule has 0 aliphatic carbocycles. The van der Waals surface area contributed by atoms with Crippen molar-refractivity contribution in [1.82, 2.24) is 4.98 Å². The Balaban J connectivity index is 1.80. The molecule has 0 unspecified atom stereocenters. The summed E-state index contributed by atoms with van der Waals surface area (Å²) in [5.41, 5.74) is 1.14. The summed E-state index contributed by atoms with van der Waals surface area (Å²) in [7, 11) is 1.62. The average molecular weight is 416 g/mol. The first-order valence-electron chi connectivity index (χ1n) is 8.49. The van der Waals surface area contributed by atoms with Crippen LogP contribution >= 0.6 is 22.9 Å². The monoisotopic (exact) mass is 415 g/mol. The number of aromatic nitrogens is 1. The van der Waals surface area contributed by atoms with Gasteiger partial charge in [0.2, 0.25) is 0 Å². The third-order valence-corrected chi connectivity index (χ3v) is 5.02. The number of aromatic amines is 1. The minimum Gasteiger partial charge on any atom is -0.491 e. The molecule has 3 rings (SSSR count). The van der Waals surface area contributed by atoms with Crippen LogP contribution in [0.4, 0.5) is 0 Å². The number of rotatable bonds is 7. The zero-order valence-corrected chi connectivity index (χ0v) is 16.7. The Morgan fingerprint density at radius 2 is 1.82 bits per heavy atom. The van der Waals surface area contributed by atoms with Crippen molar-refractivity contribution >= 4 is 40.9 Å². The molecule has 1 aromatic heterocycles. The van der Waals surface area contributed by atoms with Gasteiger partial charge in [-0.3, -0.25) is 9.59 Å². The Bertz CT molecular complexity index is 1110. The molecule has 28 heavy (non-hydrogen) atoms. The van der Waals surface area contributed by atoms with Crippen LogP contribution in [-0.4, -0.2) is 31.1 Å². The predicted molar refractivity (Wildman–Crippen MR) is 112 cm³/mol.